The summed E-state index contributed by atoms with van der Waals surface area (Å²) in [6.07, 6.45) is -5.47. The van der Waals surface area contributed by atoms with E-state index in [0.29, 0.717) is 18.8 Å². The largest absolute Gasteiger partial charge is 0.496 e. The molecule has 0 radical (unpaired) electrons. The van der Waals surface area contributed by atoms with E-state index < -0.39 is 30.6 Å². The van der Waals surface area contributed by atoms with E-state index in [1.807, 2.05) is 0 Å². The molecule has 2 bridgehead atoms. The number of aromatic carboxylic acids is 1. The molecule has 0 spiro atoms. The fourth-order valence-electron chi connectivity index (χ4n) is 4.84. The smallest absolute Gasteiger partial charge is 0.460 e. The van der Waals surface area contributed by atoms with Crippen molar-refractivity contribution in [1.82, 2.24) is 9.80 Å². The van der Waals surface area contributed by atoms with Crippen molar-refractivity contribution < 1.29 is 50.1 Å². The topological polar surface area (TPSA) is 62.2 Å². The van der Waals surface area contributed by atoms with Crippen LogP contribution in [0, 0.1) is 0 Å². The molecule has 38 heavy (non-hydrogen) atoms. The van der Waals surface area contributed by atoms with E-state index in [4.69, 9.17) is 4.74 Å². The highest BCUT2D eigenvalue weighted by molar-refractivity contribution is 5.88. The van der Waals surface area contributed by atoms with E-state index in [0.717, 1.165) is 30.6 Å². The number of nitrogens with zero attached hydrogens (tertiary/aromatic N) is 2. The molecule has 0 unspecified atom stereocenters. The van der Waals surface area contributed by atoms with E-state index in [2.05, 4.69) is 14.5 Å². The van der Waals surface area contributed by atoms with Gasteiger partial charge in [-0.1, -0.05) is 18.2 Å². The van der Waals surface area contributed by atoms with Crippen LogP contribution in [0.15, 0.2) is 42.5 Å². The van der Waals surface area contributed by atoms with Crippen LogP contribution in [0.4, 0.5) is 30.7 Å². The van der Waals surface area contributed by atoms with Gasteiger partial charge in [-0.25, -0.2) is 4.79 Å². The zero-order chi connectivity index (χ0) is 27.9. The molecule has 2 fully saturated rings. The minimum absolute atomic E-state index is 0.143. The van der Waals surface area contributed by atoms with Gasteiger partial charge in [-0.2, -0.15) is 30.7 Å². The highest BCUT2D eigenvalue weighted by Gasteiger charge is 2.73. The van der Waals surface area contributed by atoms with Gasteiger partial charge in [0.05, 0.1) is 12.7 Å². The molecule has 0 aromatic heterocycles. The van der Waals surface area contributed by atoms with E-state index in [9.17, 15) is 40.6 Å². The van der Waals surface area contributed by atoms with Gasteiger partial charge >= 0.3 is 24.0 Å². The van der Waals surface area contributed by atoms with Crippen molar-refractivity contribution in [2.24, 2.45) is 0 Å². The molecule has 13 heteroatoms. The molecule has 6 nitrogen and oxygen atoms in total. The number of benzene rings is 2. The van der Waals surface area contributed by atoms with E-state index in [-0.39, 0.29) is 23.4 Å². The standard InChI is InChI=1S/C25H25F7N2O4/c1-37-21-8-16(22(35)36)4-5-17(21)11-34-13-18-9-19(34)12-33(18)10-15-2-6-20(7-3-15)38-14-23(26,27)24(28,29)25(30,31)32/h2-8,18-19H,9-14H2,1H3,(H,35,36)/t18-,19-/m0/s1. The first-order valence-corrected chi connectivity index (χ1v) is 11.6. The Balaban J connectivity index is 1.30. The maximum Gasteiger partial charge on any atom is 0.460 e. The number of carbonyl (C=O) groups is 1. The molecule has 4 rings (SSSR count). The summed E-state index contributed by atoms with van der Waals surface area (Å²) in [5.41, 5.74) is 1.82. The summed E-state index contributed by atoms with van der Waals surface area (Å²) in [6, 6.07) is 10.9. The highest BCUT2D eigenvalue weighted by Crippen LogP contribution is 2.46. The fourth-order valence-corrected chi connectivity index (χ4v) is 4.84. The Kier molecular flexibility index (Phi) is 7.54. The molecule has 0 saturated carbocycles. The number of carboxylic acids is 1. The first-order valence-electron chi connectivity index (χ1n) is 11.6. The van der Waals surface area contributed by atoms with Crippen LogP contribution in [0.2, 0.25) is 0 Å². The number of likely N-dealkylation sites (tertiary alicyclic amines) is 2. The second kappa shape index (κ2) is 10.3. The normalized spacial score (nSPS) is 20.6. The number of methoxy groups -OCH3 is 1. The number of rotatable bonds is 10. The molecule has 2 aliphatic rings. The van der Waals surface area contributed by atoms with Crippen molar-refractivity contribution in [2.75, 3.05) is 26.8 Å². The lowest BCUT2D eigenvalue weighted by Crippen LogP contribution is -2.54. The van der Waals surface area contributed by atoms with Gasteiger partial charge in [-0.05, 0) is 36.2 Å². The van der Waals surface area contributed by atoms with Crippen molar-refractivity contribution in [3.63, 3.8) is 0 Å². The van der Waals surface area contributed by atoms with Crippen LogP contribution in [-0.4, -0.2) is 77.8 Å². The average Bonchev–Trinajstić information content (AvgIpc) is 3.43. The first-order chi connectivity index (χ1) is 17.7. The summed E-state index contributed by atoms with van der Waals surface area (Å²) in [5, 5.41) is 9.17. The predicted octanol–water partition coefficient (Wildman–Crippen LogP) is 5.06. The monoisotopic (exact) mass is 550 g/mol. The number of piperazine rings is 1. The Labute approximate surface area is 213 Å². The zero-order valence-electron chi connectivity index (χ0n) is 20.2. The van der Waals surface area contributed by atoms with E-state index >= 15 is 0 Å². The van der Waals surface area contributed by atoms with Crippen LogP contribution in [0.1, 0.15) is 27.9 Å². The lowest BCUT2D eigenvalue weighted by molar-refractivity contribution is -0.358. The number of alkyl halides is 7. The minimum atomic E-state index is -6.40. The van der Waals surface area contributed by atoms with Crippen molar-refractivity contribution in [2.45, 2.75) is 49.6 Å². The number of hydrogen-bond donors (Lipinski definition) is 1. The third-order valence-corrected chi connectivity index (χ3v) is 6.92. The lowest BCUT2D eigenvalue weighted by Gasteiger charge is -2.34. The van der Waals surface area contributed by atoms with Crippen LogP contribution >= 0.6 is 0 Å². The Morgan fingerprint density at radius 3 is 2.08 bits per heavy atom. The third kappa shape index (κ3) is 5.53. The van der Waals surface area contributed by atoms with Crippen LogP contribution in [0.3, 0.4) is 0 Å². The summed E-state index contributed by atoms with van der Waals surface area (Å²) in [5.74, 6) is -12.4. The molecule has 2 aliphatic heterocycles. The number of carboxylic acid groups (broad SMARTS) is 1. The third-order valence-electron chi connectivity index (χ3n) is 6.92. The van der Waals surface area contributed by atoms with Crippen molar-refractivity contribution in [3.8, 4) is 11.5 Å². The Morgan fingerprint density at radius 2 is 1.55 bits per heavy atom. The van der Waals surface area contributed by atoms with Crippen LogP contribution in [0.5, 0.6) is 11.5 Å². The number of hydrogen-bond acceptors (Lipinski definition) is 5. The zero-order valence-corrected chi connectivity index (χ0v) is 20.2. The van der Waals surface area contributed by atoms with Crippen molar-refractivity contribution in [3.05, 3.63) is 59.2 Å². The van der Waals surface area contributed by atoms with Crippen LogP contribution < -0.4 is 9.47 Å². The maximum absolute atomic E-state index is 13.4. The highest BCUT2D eigenvalue weighted by atomic mass is 19.4. The van der Waals surface area contributed by atoms with Crippen molar-refractivity contribution in [1.29, 1.82) is 0 Å². The summed E-state index contributed by atoms with van der Waals surface area (Å²) in [4.78, 5) is 15.8. The molecule has 2 atom stereocenters. The molecular weight excluding hydrogens is 525 g/mol. The minimum Gasteiger partial charge on any atom is -0.496 e. The van der Waals surface area contributed by atoms with Gasteiger partial charge < -0.3 is 14.6 Å². The van der Waals surface area contributed by atoms with Gasteiger partial charge in [-0.3, -0.25) is 9.80 Å². The number of ether oxygens (including phenoxy) is 2. The van der Waals surface area contributed by atoms with Crippen LogP contribution in [0.25, 0.3) is 0 Å². The molecule has 208 valence electrons. The predicted molar refractivity (Wildman–Crippen MR) is 121 cm³/mol. The first kappa shape index (κ1) is 28.0. The number of fused-ring (bicyclic) bond motifs is 2. The van der Waals surface area contributed by atoms with Gasteiger partial charge in [0.2, 0.25) is 0 Å². The average molecular weight is 550 g/mol. The lowest BCUT2D eigenvalue weighted by atomic mass is 10.1. The molecule has 1 N–H and O–H groups in total. The Bertz CT molecular complexity index is 1160. The van der Waals surface area contributed by atoms with E-state index in [1.165, 1.54) is 31.4 Å². The van der Waals surface area contributed by atoms with Crippen LogP contribution in [-0.2, 0) is 13.1 Å². The Hall–Kier alpha value is -3.06. The SMILES string of the molecule is COc1cc(C(=O)O)ccc1CN1C[C@@H]2C[C@H]1CN2Cc1ccc(OCC(F)(F)C(F)(F)C(F)(F)F)cc1. The molecular formula is C25H25F7N2O4. The quantitative estimate of drug-likeness (QED) is 0.418. The second-order valence-electron chi connectivity index (χ2n) is 9.44. The molecule has 2 heterocycles. The van der Waals surface area contributed by atoms with Gasteiger partial charge in [0.15, 0.2) is 6.61 Å². The summed E-state index contributed by atoms with van der Waals surface area (Å²) >= 11 is 0. The summed E-state index contributed by atoms with van der Waals surface area (Å²) in [7, 11) is 1.49. The molecule has 0 aliphatic carbocycles. The number of halogens is 7. The van der Waals surface area contributed by atoms with Gasteiger partial charge in [0.25, 0.3) is 0 Å². The summed E-state index contributed by atoms with van der Waals surface area (Å²) < 4.78 is 99.6. The van der Waals surface area contributed by atoms with Gasteiger partial charge in [0, 0.05) is 43.8 Å². The molecule has 2 saturated heterocycles. The fraction of sp³-hybridized carbons (Fsp3) is 0.480. The van der Waals surface area contributed by atoms with Gasteiger partial charge in [0.1, 0.15) is 11.5 Å². The Morgan fingerprint density at radius 1 is 0.947 bits per heavy atom. The molecule has 2 aromatic carbocycles. The van der Waals surface area contributed by atoms with E-state index in [1.54, 1.807) is 18.2 Å². The van der Waals surface area contributed by atoms with Gasteiger partial charge in [-0.15, -0.1) is 0 Å². The molecule has 0 amide bonds. The molecule has 2 aromatic rings. The maximum atomic E-state index is 13.4. The van der Waals surface area contributed by atoms with Crippen molar-refractivity contribution >= 4 is 5.97 Å². The summed E-state index contributed by atoms with van der Waals surface area (Å²) in [6.45, 7) is 0.556. The second-order valence-corrected chi connectivity index (χ2v) is 9.44.